The molecule has 5 heteroatoms. The molecule has 1 fully saturated rings. The molecule has 88 valence electrons. The van der Waals surface area contributed by atoms with Gasteiger partial charge in [-0.05, 0) is 25.3 Å². The normalized spacial score (nSPS) is 27.5. The quantitative estimate of drug-likeness (QED) is 0.678. The van der Waals surface area contributed by atoms with Gasteiger partial charge in [0.05, 0.1) is 5.75 Å². The first kappa shape index (κ1) is 12.7. The van der Waals surface area contributed by atoms with Gasteiger partial charge in [0.15, 0.2) is 0 Å². The summed E-state index contributed by atoms with van der Waals surface area (Å²) in [5.74, 6) is 0.546. The minimum Gasteiger partial charge on any atom is -0.315 e. The van der Waals surface area contributed by atoms with Crippen LogP contribution in [0, 0.1) is 5.92 Å². The Morgan fingerprint density at radius 2 is 2.33 bits per heavy atom. The number of sulfonamides is 1. The maximum Gasteiger partial charge on any atom is 0.212 e. The van der Waals surface area contributed by atoms with Gasteiger partial charge in [-0.25, -0.2) is 13.1 Å². The highest BCUT2D eigenvalue weighted by molar-refractivity contribution is 7.89. The maximum absolute atomic E-state index is 11.6. The molecule has 0 aromatic heterocycles. The van der Waals surface area contributed by atoms with E-state index >= 15 is 0 Å². The smallest absolute Gasteiger partial charge is 0.212 e. The summed E-state index contributed by atoms with van der Waals surface area (Å²) in [5.41, 5.74) is 0. The average molecular weight is 232 g/mol. The van der Waals surface area contributed by atoms with Gasteiger partial charge >= 0.3 is 0 Å². The zero-order valence-electron chi connectivity index (χ0n) is 9.20. The summed E-state index contributed by atoms with van der Waals surface area (Å²) in [7, 11) is -3.14. The van der Waals surface area contributed by atoms with E-state index in [1.54, 1.807) is 6.08 Å². The summed E-state index contributed by atoms with van der Waals surface area (Å²) in [6.07, 6.45) is 3.15. The molecule has 4 nitrogen and oxygen atoms in total. The van der Waals surface area contributed by atoms with Crippen molar-refractivity contribution in [3.63, 3.8) is 0 Å². The Morgan fingerprint density at radius 1 is 1.60 bits per heavy atom. The minimum absolute atomic E-state index is 0.0357. The fraction of sp³-hybridized carbons (Fsp3) is 0.800. The van der Waals surface area contributed by atoms with Crippen molar-refractivity contribution in [2.45, 2.75) is 25.8 Å². The summed E-state index contributed by atoms with van der Waals surface area (Å²) in [6.45, 7) is 7.31. The molecule has 0 amide bonds. The standard InChI is InChI=1S/C10H20N2O2S/c1-3-4-7-15(13,14)12-10-8-11-6-5-9(10)2/h3,9-12H,1,4-8H2,2H3. The lowest BCUT2D eigenvalue weighted by Crippen LogP contribution is -2.50. The largest absolute Gasteiger partial charge is 0.315 e. The molecule has 0 radical (unpaired) electrons. The molecular formula is C10H20N2O2S. The zero-order chi connectivity index (χ0) is 11.3. The predicted octanol–water partition coefficient (Wildman–Crippen LogP) is 0.480. The van der Waals surface area contributed by atoms with E-state index in [-0.39, 0.29) is 11.8 Å². The molecule has 1 rings (SSSR count). The van der Waals surface area contributed by atoms with Crippen LogP contribution in [0.25, 0.3) is 0 Å². The number of nitrogens with one attached hydrogen (secondary N) is 2. The fourth-order valence-corrected chi connectivity index (χ4v) is 3.05. The molecule has 1 aliphatic rings. The van der Waals surface area contributed by atoms with Crippen LogP contribution in [0.1, 0.15) is 19.8 Å². The molecular weight excluding hydrogens is 212 g/mol. The molecule has 15 heavy (non-hydrogen) atoms. The number of hydrogen-bond acceptors (Lipinski definition) is 3. The molecule has 0 aromatic carbocycles. The van der Waals surface area contributed by atoms with Crippen LogP contribution in [0.15, 0.2) is 12.7 Å². The van der Waals surface area contributed by atoms with E-state index in [9.17, 15) is 8.42 Å². The number of piperidine rings is 1. The van der Waals surface area contributed by atoms with Gasteiger partial charge in [-0.15, -0.1) is 6.58 Å². The van der Waals surface area contributed by atoms with Crippen LogP contribution < -0.4 is 10.0 Å². The Labute approximate surface area is 92.2 Å². The molecule has 0 bridgehead atoms. The van der Waals surface area contributed by atoms with Gasteiger partial charge in [0.2, 0.25) is 10.0 Å². The van der Waals surface area contributed by atoms with Gasteiger partial charge in [-0.1, -0.05) is 13.0 Å². The molecule has 1 heterocycles. The first-order valence-corrected chi connectivity index (χ1v) is 7.02. The lowest BCUT2D eigenvalue weighted by molar-refractivity contribution is 0.327. The third kappa shape index (κ3) is 4.32. The first-order valence-electron chi connectivity index (χ1n) is 5.37. The first-order chi connectivity index (χ1) is 7.05. The lowest BCUT2D eigenvalue weighted by atomic mass is 9.96. The Bertz CT molecular complexity index is 301. The van der Waals surface area contributed by atoms with Crippen LogP contribution in [0.5, 0.6) is 0 Å². The summed E-state index contributed by atoms with van der Waals surface area (Å²) >= 11 is 0. The second-order valence-corrected chi connectivity index (χ2v) is 5.96. The van der Waals surface area contributed by atoms with Crippen LogP contribution in [-0.4, -0.2) is 33.3 Å². The number of hydrogen-bond donors (Lipinski definition) is 2. The van der Waals surface area contributed by atoms with Crippen molar-refractivity contribution in [3.8, 4) is 0 Å². The van der Waals surface area contributed by atoms with Crippen LogP contribution in [0.2, 0.25) is 0 Å². The number of allylic oxidation sites excluding steroid dienone is 1. The van der Waals surface area contributed by atoms with Gasteiger partial charge in [-0.2, -0.15) is 0 Å². The van der Waals surface area contributed by atoms with Crippen molar-refractivity contribution < 1.29 is 8.42 Å². The SMILES string of the molecule is C=CCCS(=O)(=O)NC1CNCCC1C. The van der Waals surface area contributed by atoms with Crippen molar-refractivity contribution in [1.82, 2.24) is 10.0 Å². The summed E-state index contributed by atoms with van der Waals surface area (Å²) in [6, 6.07) is 0.0357. The summed E-state index contributed by atoms with van der Waals surface area (Å²) in [4.78, 5) is 0. The van der Waals surface area contributed by atoms with Gasteiger partial charge in [0.25, 0.3) is 0 Å². The molecule has 2 unspecified atom stereocenters. The molecule has 0 spiro atoms. The zero-order valence-corrected chi connectivity index (χ0v) is 10.0. The fourth-order valence-electron chi connectivity index (χ4n) is 1.68. The Hall–Kier alpha value is -0.390. The maximum atomic E-state index is 11.6. The van der Waals surface area contributed by atoms with E-state index in [1.165, 1.54) is 0 Å². The van der Waals surface area contributed by atoms with E-state index in [0.717, 1.165) is 19.5 Å². The lowest BCUT2D eigenvalue weighted by Gasteiger charge is -2.29. The van der Waals surface area contributed by atoms with Gasteiger partial charge in [-0.3, -0.25) is 0 Å². The molecule has 1 saturated heterocycles. The van der Waals surface area contributed by atoms with Crippen LogP contribution in [0.3, 0.4) is 0 Å². The van der Waals surface area contributed by atoms with Gasteiger partial charge in [0, 0.05) is 12.6 Å². The molecule has 2 atom stereocenters. The highest BCUT2D eigenvalue weighted by atomic mass is 32.2. The molecule has 2 N–H and O–H groups in total. The third-order valence-corrected chi connectivity index (χ3v) is 4.18. The van der Waals surface area contributed by atoms with Crippen LogP contribution in [0.4, 0.5) is 0 Å². The average Bonchev–Trinajstić information content (AvgIpc) is 2.18. The molecule has 0 aromatic rings. The van der Waals surface area contributed by atoms with Crippen LogP contribution >= 0.6 is 0 Å². The van der Waals surface area contributed by atoms with Crippen molar-refractivity contribution in [3.05, 3.63) is 12.7 Å². The van der Waals surface area contributed by atoms with E-state index in [4.69, 9.17) is 0 Å². The Kier molecular flexibility index (Phi) is 4.76. The molecule has 0 aliphatic carbocycles. The van der Waals surface area contributed by atoms with Gasteiger partial charge < -0.3 is 5.32 Å². The van der Waals surface area contributed by atoms with Crippen molar-refractivity contribution in [1.29, 1.82) is 0 Å². The summed E-state index contributed by atoms with van der Waals surface area (Å²) < 4.78 is 26.0. The van der Waals surface area contributed by atoms with E-state index in [2.05, 4.69) is 23.5 Å². The van der Waals surface area contributed by atoms with Crippen molar-refractivity contribution in [2.24, 2.45) is 5.92 Å². The summed E-state index contributed by atoms with van der Waals surface area (Å²) in [5, 5.41) is 3.20. The van der Waals surface area contributed by atoms with E-state index in [0.29, 0.717) is 12.3 Å². The van der Waals surface area contributed by atoms with E-state index < -0.39 is 10.0 Å². The third-order valence-electron chi connectivity index (χ3n) is 2.75. The minimum atomic E-state index is -3.14. The topological polar surface area (TPSA) is 58.2 Å². The highest BCUT2D eigenvalue weighted by Gasteiger charge is 2.24. The number of rotatable bonds is 5. The van der Waals surface area contributed by atoms with Crippen molar-refractivity contribution in [2.75, 3.05) is 18.8 Å². The highest BCUT2D eigenvalue weighted by Crippen LogP contribution is 2.12. The van der Waals surface area contributed by atoms with E-state index in [1.807, 2.05) is 0 Å². The van der Waals surface area contributed by atoms with Crippen LogP contribution in [-0.2, 0) is 10.0 Å². The Morgan fingerprint density at radius 3 is 2.93 bits per heavy atom. The molecule has 1 aliphatic heterocycles. The van der Waals surface area contributed by atoms with Gasteiger partial charge in [0.1, 0.15) is 0 Å². The predicted molar refractivity (Wildman–Crippen MR) is 62.2 cm³/mol. The van der Waals surface area contributed by atoms with Crippen molar-refractivity contribution >= 4 is 10.0 Å². The second kappa shape index (κ2) is 5.63. The second-order valence-electron chi connectivity index (χ2n) is 4.09. The molecule has 0 saturated carbocycles. The Balaban J connectivity index is 2.48. The monoisotopic (exact) mass is 232 g/mol.